The minimum Gasteiger partial charge on any atom is -0.478 e. The van der Waals surface area contributed by atoms with E-state index in [0.717, 1.165) is 11.1 Å². The molecule has 0 aliphatic heterocycles. The second-order valence-corrected chi connectivity index (χ2v) is 3.98. The second-order valence-electron chi connectivity index (χ2n) is 3.98. The highest BCUT2D eigenvalue weighted by molar-refractivity contribution is 5.86. The molecule has 9 nitrogen and oxygen atoms in total. The Kier molecular flexibility index (Phi) is 7.13. The number of carbonyl (C=O) groups excluding carboxylic acids is 1. The van der Waals surface area contributed by atoms with Crippen LogP contribution in [0.15, 0.2) is 18.2 Å². The maximum absolute atomic E-state index is 11.1. The molecule has 0 unspecified atom stereocenters. The van der Waals surface area contributed by atoms with Gasteiger partial charge in [0, 0.05) is 5.57 Å². The van der Waals surface area contributed by atoms with Crippen molar-refractivity contribution in [1.29, 1.82) is 5.41 Å². The zero-order valence-corrected chi connectivity index (χ0v) is 11.7. The Balaban J connectivity index is 0.00000122. The molecule has 0 bridgehead atoms. The van der Waals surface area contributed by atoms with Gasteiger partial charge in [-0.15, -0.1) is 0 Å². The molecule has 0 atom stereocenters. The lowest BCUT2D eigenvalue weighted by Gasteiger charge is -2.20. The number of aromatic nitrogens is 2. The lowest BCUT2D eigenvalue weighted by Crippen LogP contribution is -2.42. The fourth-order valence-corrected chi connectivity index (χ4v) is 1.48. The zero-order chi connectivity index (χ0) is 16.6. The number of aryl methyl sites for hydroxylation is 2. The minimum absolute atomic E-state index is 0.0115. The standard InChI is InChI=1S/C11H15N3O4.CHNO/c1-7(10(15)16)4-5-13(11(17)18)14-9(3)6-8(2)12-14;2-1-3/h6H,1,4-5H2,2-3H3,(H,15,16)(H,17,18);2H. The summed E-state index contributed by atoms with van der Waals surface area (Å²) in [5.41, 5.74) is 1.31. The lowest BCUT2D eigenvalue weighted by molar-refractivity contribution is -0.132. The molecule has 1 amide bonds. The molecule has 1 rings (SSSR count). The Hall–Kier alpha value is -2.93. The highest BCUT2D eigenvalue weighted by Crippen LogP contribution is 2.06. The van der Waals surface area contributed by atoms with Gasteiger partial charge < -0.3 is 10.2 Å². The van der Waals surface area contributed by atoms with Crippen LogP contribution in [0, 0.1) is 19.3 Å². The number of aliphatic carboxylic acids is 1. The number of carboxylic acids is 1. The van der Waals surface area contributed by atoms with Crippen LogP contribution in [0.3, 0.4) is 0 Å². The summed E-state index contributed by atoms with van der Waals surface area (Å²) in [7, 11) is 0. The summed E-state index contributed by atoms with van der Waals surface area (Å²) in [5, 5.41) is 28.2. The van der Waals surface area contributed by atoms with E-state index in [2.05, 4.69) is 11.7 Å². The average Bonchev–Trinajstić information content (AvgIpc) is 2.69. The van der Waals surface area contributed by atoms with E-state index >= 15 is 0 Å². The van der Waals surface area contributed by atoms with Crippen molar-refractivity contribution >= 4 is 18.1 Å². The number of amides is 1. The van der Waals surface area contributed by atoms with E-state index < -0.39 is 12.1 Å². The van der Waals surface area contributed by atoms with Crippen molar-refractivity contribution < 1.29 is 24.6 Å². The number of carboxylic acid groups (broad SMARTS) is 2. The summed E-state index contributed by atoms with van der Waals surface area (Å²) in [5.74, 6) is -1.13. The molecule has 0 radical (unpaired) electrons. The maximum Gasteiger partial charge on any atom is 0.427 e. The van der Waals surface area contributed by atoms with Crippen molar-refractivity contribution in [2.45, 2.75) is 20.3 Å². The third-order valence-electron chi connectivity index (χ3n) is 2.36. The van der Waals surface area contributed by atoms with Gasteiger partial charge in [0.2, 0.25) is 6.08 Å². The summed E-state index contributed by atoms with van der Waals surface area (Å²) in [4.78, 5) is 31.3. The molecule has 1 aromatic heterocycles. The third kappa shape index (κ3) is 5.70. The van der Waals surface area contributed by atoms with E-state index in [0.29, 0.717) is 11.4 Å². The highest BCUT2D eigenvalue weighted by Gasteiger charge is 2.18. The van der Waals surface area contributed by atoms with Crippen molar-refractivity contribution in [3.63, 3.8) is 0 Å². The van der Waals surface area contributed by atoms with Gasteiger partial charge >= 0.3 is 12.1 Å². The molecule has 0 saturated carbocycles. The second kappa shape index (κ2) is 8.28. The van der Waals surface area contributed by atoms with E-state index in [-0.39, 0.29) is 18.5 Å². The number of carbonyl (C=O) groups is 2. The Morgan fingerprint density at radius 1 is 1.48 bits per heavy atom. The van der Waals surface area contributed by atoms with Gasteiger partial charge in [-0.2, -0.15) is 14.9 Å². The molecule has 0 saturated heterocycles. The number of hydrogen-bond donors (Lipinski definition) is 3. The molecule has 0 fully saturated rings. The average molecular weight is 296 g/mol. The third-order valence-corrected chi connectivity index (χ3v) is 2.36. The SMILES string of the molecule is C=C(CCN(C(=O)O)n1nc(C)cc1C)C(=O)O.N=C=O. The smallest absolute Gasteiger partial charge is 0.427 e. The molecule has 114 valence electrons. The molecule has 0 aliphatic carbocycles. The largest absolute Gasteiger partial charge is 0.478 e. The van der Waals surface area contributed by atoms with Crippen LogP contribution in [0.4, 0.5) is 4.79 Å². The summed E-state index contributed by atoms with van der Waals surface area (Å²) in [6.07, 6.45) is -0.403. The first-order chi connectivity index (χ1) is 9.74. The van der Waals surface area contributed by atoms with Crippen LogP contribution in [0.2, 0.25) is 0 Å². The first-order valence-corrected chi connectivity index (χ1v) is 5.73. The van der Waals surface area contributed by atoms with E-state index in [1.54, 1.807) is 19.9 Å². The highest BCUT2D eigenvalue weighted by atomic mass is 16.4. The Labute approximate surface area is 120 Å². The van der Waals surface area contributed by atoms with Crippen molar-refractivity contribution in [1.82, 2.24) is 9.89 Å². The van der Waals surface area contributed by atoms with Crippen LogP contribution < -0.4 is 5.01 Å². The van der Waals surface area contributed by atoms with Gasteiger partial charge in [0.15, 0.2) is 0 Å². The number of rotatable bonds is 5. The van der Waals surface area contributed by atoms with E-state index in [1.807, 2.05) is 0 Å². The summed E-state index contributed by atoms with van der Waals surface area (Å²) in [6.45, 7) is 6.82. The van der Waals surface area contributed by atoms with Crippen LogP contribution in [0.1, 0.15) is 17.8 Å². The molecule has 0 spiro atoms. The van der Waals surface area contributed by atoms with Gasteiger partial charge in [0.1, 0.15) is 0 Å². The van der Waals surface area contributed by atoms with Crippen molar-refractivity contribution in [2.75, 3.05) is 11.6 Å². The Morgan fingerprint density at radius 2 is 2.00 bits per heavy atom. The molecule has 0 aliphatic rings. The van der Waals surface area contributed by atoms with Crippen LogP contribution >= 0.6 is 0 Å². The number of hydrogen-bond acceptors (Lipinski definition) is 5. The molecule has 21 heavy (non-hydrogen) atoms. The molecule has 1 heterocycles. The van der Waals surface area contributed by atoms with Gasteiger partial charge in [-0.05, 0) is 26.3 Å². The van der Waals surface area contributed by atoms with Crippen LogP contribution in [0.5, 0.6) is 0 Å². The summed E-state index contributed by atoms with van der Waals surface area (Å²) >= 11 is 0. The number of nitrogens with zero attached hydrogens (tertiary/aromatic N) is 3. The molecule has 9 heteroatoms. The van der Waals surface area contributed by atoms with Crippen molar-refractivity contribution in [3.8, 4) is 0 Å². The fraction of sp³-hybridized carbons (Fsp3) is 0.333. The van der Waals surface area contributed by atoms with Gasteiger partial charge in [0.25, 0.3) is 0 Å². The van der Waals surface area contributed by atoms with E-state index in [1.165, 1.54) is 4.79 Å². The normalized spacial score (nSPS) is 9.05. The quantitative estimate of drug-likeness (QED) is 0.422. The van der Waals surface area contributed by atoms with E-state index in [9.17, 15) is 9.59 Å². The zero-order valence-electron chi connectivity index (χ0n) is 11.7. The Bertz CT molecular complexity index is 572. The molecular formula is C12H16N4O5. The molecule has 1 aromatic rings. The number of nitrogens with one attached hydrogen (secondary N) is 1. The van der Waals surface area contributed by atoms with Crippen LogP contribution in [-0.2, 0) is 9.59 Å². The molecule has 3 N–H and O–H groups in total. The predicted molar refractivity (Wildman–Crippen MR) is 72.6 cm³/mol. The number of isocyanates is 1. The van der Waals surface area contributed by atoms with Crippen LogP contribution in [0.25, 0.3) is 0 Å². The first-order valence-electron chi connectivity index (χ1n) is 5.73. The van der Waals surface area contributed by atoms with Gasteiger partial charge in [-0.1, -0.05) is 6.58 Å². The summed E-state index contributed by atoms with van der Waals surface area (Å²) < 4.78 is 0. The van der Waals surface area contributed by atoms with Crippen molar-refractivity contribution in [3.05, 3.63) is 29.6 Å². The van der Waals surface area contributed by atoms with Gasteiger partial charge in [-0.3, -0.25) is 0 Å². The minimum atomic E-state index is -1.20. The maximum atomic E-state index is 11.1. The summed E-state index contributed by atoms with van der Waals surface area (Å²) in [6, 6.07) is 1.74. The lowest BCUT2D eigenvalue weighted by atomic mass is 10.2. The monoisotopic (exact) mass is 296 g/mol. The molecular weight excluding hydrogens is 280 g/mol. The predicted octanol–water partition coefficient (Wildman–Crippen LogP) is 1.05. The van der Waals surface area contributed by atoms with E-state index in [4.69, 9.17) is 20.4 Å². The fourth-order valence-electron chi connectivity index (χ4n) is 1.48. The van der Waals surface area contributed by atoms with Gasteiger partial charge in [-0.25, -0.2) is 19.8 Å². The van der Waals surface area contributed by atoms with Crippen LogP contribution in [-0.4, -0.2) is 44.8 Å². The molecule has 0 aromatic carbocycles. The Morgan fingerprint density at radius 3 is 2.33 bits per heavy atom. The van der Waals surface area contributed by atoms with Gasteiger partial charge in [0.05, 0.1) is 17.9 Å². The van der Waals surface area contributed by atoms with Crippen molar-refractivity contribution in [2.24, 2.45) is 0 Å². The first kappa shape index (κ1) is 18.1. The topological polar surface area (TPSA) is 137 Å².